The number of alkyl halides is 2. The predicted molar refractivity (Wildman–Crippen MR) is 51.6 cm³/mol. The fourth-order valence-corrected chi connectivity index (χ4v) is 1.91. The lowest BCUT2D eigenvalue weighted by Gasteiger charge is -2.12. The van der Waals surface area contributed by atoms with E-state index in [0.717, 1.165) is 0 Å². The Hall–Kier alpha value is -1.40. The molecule has 0 heterocycles. The van der Waals surface area contributed by atoms with E-state index < -0.39 is 37.1 Å². The molecule has 1 aliphatic carbocycles. The van der Waals surface area contributed by atoms with Crippen LogP contribution in [0, 0.1) is 11.4 Å². The molecule has 0 saturated heterocycles. The molecule has 0 bridgehead atoms. The maximum atomic E-state index is 12.0. The second kappa shape index (κ2) is 6.36. The molecule has 1 aliphatic rings. The van der Waals surface area contributed by atoms with Crippen LogP contribution in [0.5, 0.6) is 0 Å². The Labute approximate surface area is 96.5 Å². The maximum absolute atomic E-state index is 12.0. The number of hydrogen-bond donors (Lipinski definition) is 1. The van der Waals surface area contributed by atoms with Crippen molar-refractivity contribution in [3.05, 3.63) is 0 Å². The van der Waals surface area contributed by atoms with Gasteiger partial charge in [0.05, 0.1) is 19.1 Å². The average Bonchev–Trinajstić information content (AvgIpc) is 2.69. The first-order valence-corrected chi connectivity index (χ1v) is 5.12. The number of hydrogen-bond acceptors (Lipinski definition) is 5. The highest BCUT2D eigenvalue weighted by Gasteiger charge is 2.42. The molecule has 0 aromatic rings. The first kappa shape index (κ1) is 13.7. The lowest BCUT2D eigenvalue weighted by atomic mass is 10.1. The molecular weight excluding hydrogens is 236 g/mol. The van der Waals surface area contributed by atoms with Crippen molar-refractivity contribution in [2.45, 2.75) is 31.4 Å². The summed E-state index contributed by atoms with van der Waals surface area (Å²) in [6.07, 6.45) is -2.60. The summed E-state index contributed by atoms with van der Waals surface area (Å²) in [7, 11) is 1.26. The van der Waals surface area contributed by atoms with Crippen LogP contribution in [0.4, 0.5) is 8.78 Å². The Balaban J connectivity index is 2.60. The zero-order valence-electron chi connectivity index (χ0n) is 9.31. The van der Waals surface area contributed by atoms with Crippen molar-refractivity contribution >= 4 is 5.97 Å². The average molecular weight is 250 g/mol. The Morgan fingerprint density at radius 3 is 2.82 bits per heavy atom. The number of rotatable bonds is 5. The first-order chi connectivity index (χ1) is 8.08. The van der Waals surface area contributed by atoms with Crippen LogP contribution in [-0.2, 0) is 14.3 Å². The molecule has 0 spiro atoms. The SMILES string of the molecule is COC(=O)C1C[C@H](N=[N+]=N)[C@@H](OCC(F)F)C1. The van der Waals surface area contributed by atoms with Gasteiger partial charge in [-0.3, -0.25) is 4.79 Å². The number of nitrogens with zero attached hydrogens (tertiary/aromatic N) is 2. The van der Waals surface area contributed by atoms with Crippen LogP contribution in [0.1, 0.15) is 12.8 Å². The molecule has 3 atom stereocenters. The molecule has 0 radical (unpaired) electrons. The number of ether oxygens (including phenoxy) is 2. The molecule has 1 saturated carbocycles. The number of carbonyl (C=O) groups is 1. The minimum atomic E-state index is -2.57. The van der Waals surface area contributed by atoms with Gasteiger partial charge >= 0.3 is 5.97 Å². The second-order valence-electron chi connectivity index (χ2n) is 3.74. The van der Waals surface area contributed by atoms with Crippen LogP contribution >= 0.6 is 0 Å². The number of esters is 1. The summed E-state index contributed by atoms with van der Waals surface area (Å²) < 4.78 is 33.6. The van der Waals surface area contributed by atoms with Gasteiger partial charge in [-0.2, -0.15) is 0 Å². The molecule has 6 nitrogen and oxygen atoms in total. The van der Waals surface area contributed by atoms with Gasteiger partial charge in [0, 0.05) is 0 Å². The van der Waals surface area contributed by atoms with Crippen molar-refractivity contribution in [1.29, 1.82) is 5.53 Å². The third-order valence-electron chi connectivity index (χ3n) is 2.65. The van der Waals surface area contributed by atoms with Gasteiger partial charge in [-0.25, -0.2) is 8.78 Å². The molecule has 96 valence electrons. The molecule has 1 unspecified atom stereocenters. The minimum absolute atomic E-state index is 0.267. The van der Waals surface area contributed by atoms with Crippen molar-refractivity contribution in [1.82, 2.24) is 4.91 Å². The van der Waals surface area contributed by atoms with Gasteiger partial charge in [-0.1, -0.05) is 0 Å². The highest BCUT2D eigenvalue weighted by Crippen LogP contribution is 2.31. The van der Waals surface area contributed by atoms with E-state index in [1.807, 2.05) is 0 Å². The van der Waals surface area contributed by atoms with E-state index in [-0.39, 0.29) is 6.42 Å². The predicted octanol–water partition coefficient (Wildman–Crippen LogP) is 1.14. The third kappa shape index (κ3) is 3.83. The van der Waals surface area contributed by atoms with E-state index >= 15 is 0 Å². The van der Waals surface area contributed by atoms with E-state index in [4.69, 9.17) is 10.3 Å². The maximum Gasteiger partial charge on any atom is 0.308 e. The van der Waals surface area contributed by atoms with Crippen LogP contribution in [0.2, 0.25) is 0 Å². The Morgan fingerprint density at radius 2 is 2.29 bits per heavy atom. The lowest BCUT2D eigenvalue weighted by molar-refractivity contribution is -0.145. The van der Waals surface area contributed by atoms with Crippen LogP contribution < -0.4 is 4.91 Å². The molecule has 0 aromatic heterocycles. The van der Waals surface area contributed by atoms with Crippen LogP contribution in [-0.4, -0.2) is 38.3 Å². The van der Waals surface area contributed by atoms with Crippen molar-refractivity contribution in [2.24, 2.45) is 11.0 Å². The summed E-state index contributed by atoms with van der Waals surface area (Å²) in [5.41, 5.74) is 6.63. The highest BCUT2D eigenvalue weighted by molar-refractivity contribution is 5.72. The standard InChI is InChI=1S/C9H14F2N3O3/c1-16-9(15)5-2-6(13-14-12)7(3-5)17-4-8(10)11/h5-8,12H,2-4H2,1H3/q+1/t5?,6-,7-/m0/s1. The van der Waals surface area contributed by atoms with Gasteiger partial charge in [0.2, 0.25) is 4.91 Å². The third-order valence-corrected chi connectivity index (χ3v) is 2.65. The summed E-state index contributed by atoms with van der Waals surface area (Å²) in [6, 6.07) is -0.532. The van der Waals surface area contributed by atoms with Gasteiger partial charge in [0.15, 0.2) is 6.04 Å². The quantitative estimate of drug-likeness (QED) is 0.451. The summed E-state index contributed by atoms with van der Waals surface area (Å²) in [4.78, 5) is 14.2. The minimum Gasteiger partial charge on any atom is -0.469 e. The largest absolute Gasteiger partial charge is 0.469 e. The summed E-state index contributed by atoms with van der Waals surface area (Å²) in [5, 5.41) is 3.56. The van der Waals surface area contributed by atoms with Crippen LogP contribution in [0.3, 0.4) is 0 Å². The molecule has 1 N–H and O–H groups in total. The molecule has 8 heteroatoms. The topological polar surface area (TPSA) is 85.8 Å². The zero-order valence-corrected chi connectivity index (χ0v) is 9.31. The van der Waals surface area contributed by atoms with Crippen molar-refractivity contribution in [2.75, 3.05) is 13.7 Å². The van der Waals surface area contributed by atoms with Crippen LogP contribution in [0.25, 0.3) is 0 Å². The molecule has 0 aliphatic heterocycles. The van der Waals surface area contributed by atoms with E-state index in [2.05, 4.69) is 14.8 Å². The second-order valence-corrected chi connectivity index (χ2v) is 3.74. The van der Waals surface area contributed by atoms with Gasteiger partial charge in [-0.15, -0.1) is 0 Å². The van der Waals surface area contributed by atoms with Gasteiger partial charge in [0.25, 0.3) is 6.43 Å². The number of halogens is 2. The number of carbonyl (C=O) groups excluding carboxylic acids is 1. The van der Waals surface area contributed by atoms with Crippen molar-refractivity contribution < 1.29 is 23.0 Å². The van der Waals surface area contributed by atoms with Crippen molar-refractivity contribution in [3.8, 4) is 0 Å². The molecule has 1 fully saturated rings. The summed E-state index contributed by atoms with van der Waals surface area (Å²) >= 11 is 0. The molecule has 0 amide bonds. The van der Waals surface area contributed by atoms with Crippen molar-refractivity contribution in [3.63, 3.8) is 0 Å². The Morgan fingerprint density at radius 1 is 1.59 bits per heavy atom. The fourth-order valence-electron chi connectivity index (χ4n) is 1.91. The van der Waals surface area contributed by atoms with Crippen LogP contribution in [0.15, 0.2) is 5.11 Å². The Kier molecular flexibility index (Phi) is 5.11. The fraction of sp³-hybridized carbons (Fsp3) is 0.889. The lowest BCUT2D eigenvalue weighted by Crippen LogP contribution is -2.24. The number of nitrogens with one attached hydrogen (secondary N) is 1. The highest BCUT2D eigenvalue weighted by atomic mass is 19.3. The summed E-state index contributed by atoms with van der Waals surface area (Å²) in [5.74, 6) is -0.850. The zero-order chi connectivity index (χ0) is 12.8. The van der Waals surface area contributed by atoms with Gasteiger partial charge < -0.3 is 9.47 Å². The molecule has 0 aromatic carbocycles. The monoisotopic (exact) mass is 250 g/mol. The first-order valence-electron chi connectivity index (χ1n) is 5.12. The van der Waals surface area contributed by atoms with E-state index in [1.165, 1.54) is 7.11 Å². The van der Waals surface area contributed by atoms with E-state index in [1.54, 1.807) is 0 Å². The van der Waals surface area contributed by atoms with E-state index in [0.29, 0.717) is 6.42 Å². The molecule has 1 rings (SSSR count). The smallest absolute Gasteiger partial charge is 0.308 e. The normalized spacial score (nSPS) is 27.9. The van der Waals surface area contributed by atoms with Gasteiger partial charge in [0.1, 0.15) is 17.3 Å². The summed E-state index contributed by atoms with van der Waals surface area (Å²) in [6.45, 7) is -0.706. The van der Waals surface area contributed by atoms with E-state index in [9.17, 15) is 13.6 Å². The molecular formula is C9H14F2N3O3+. The Bertz CT molecular complexity index is 321. The number of methoxy groups -OCH3 is 1. The van der Waals surface area contributed by atoms with Gasteiger partial charge in [-0.05, 0) is 12.8 Å². The molecule has 17 heavy (non-hydrogen) atoms.